The van der Waals surface area contributed by atoms with E-state index in [2.05, 4.69) is 5.10 Å². The number of carbonyl (C=O) groups excluding carboxylic acids is 1. The number of aromatic nitrogens is 2. The van der Waals surface area contributed by atoms with Crippen molar-refractivity contribution in [3.05, 3.63) is 94.4 Å². The number of hydrogen-bond donors (Lipinski definition) is 1. The van der Waals surface area contributed by atoms with Gasteiger partial charge in [0.1, 0.15) is 11.6 Å². The molecule has 2 heterocycles. The van der Waals surface area contributed by atoms with Crippen molar-refractivity contribution in [1.29, 1.82) is 0 Å². The van der Waals surface area contributed by atoms with E-state index in [-0.39, 0.29) is 18.9 Å². The lowest BCUT2D eigenvalue weighted by Gasteiger charge is -2.27. The van der Waals surface area contributed by atoms with E-state index in [9.17, 15) is 14.0 Å². The minimum absolute atomic E-state index is 0.157. The van der Waals surface area contributed by atoms with Crippen molar-refractivity contribution in [2.75, 3.05) is 6.61 Å². The van der Waals surface area contributed by atoms with Gasteiger partial charge in [-0.05, 0) is 47.5 Å². The molecule has 3 aromatic carbocycles. The highest BCUT2D eigenvalue weighted by molar-refractivity contribution is 6.30. The number of para-hydroxylation sites is 1. The number of hydrogen-bond acceptors (Lipinski definition) is 4. The van der Waals surface area contributed by atoms with Crippen LogP contribution in [0.2, 0.25) is 5.02 Å². The molecule has 0 saturated carbocycles. The average Bonchev–Trinajstić information content (AvgIpc) is 3.42. The van der Waals surface area contributed by atoms with E-state index in [1.54, 1.807) is 40.0 Å². The van der Waals surface area contributed by atoms with Gasteiger partial charge in [0, 0.05) is 28.9 Å². The van der Waals surface area contributed by atoms with Crippen LogP contribution in [0.1, 0.15) is 29.2 Å². The molecule has 0 fully saturated rings. The van der Waals surface area contributed by atoms with E-state index >= 15 is 0 Å². The molecule has 9 heteroatoms. The Balaban J connectivity index is 1.47. The predicted molar refractivity (Wildman–Crippen MR) is 128 cm³/mol. The first-order valence-corrected chi connectivity index (χ1v) is 11.4. The summed E-state index contributed by atoms with van der Waals surface area (Å²) in [7, 11) is 0. The molecule has 1 aromatic heterocycles. The monoisotopic (exact) mass is 493 g/mol. The molecule has 178 valence electrons. The third-order valence-electron chi connectivity index (χ3n) is 6.08. The second-order valence-electron chi connectivity index (χ2n) is 8.31. The number of carbonyl (C=O) groups is 2. The number of amides is 1. The molecule has 7 nitrogen and oxygen atoms in total. The second-order valence-corrected chi connectivity index (χ2v) is 8.74. The summed E-state index contributed by atoms with van der Waals surface area (Å²) >= 11 is 6.27. The van der Waals surface area contributed by atoms with Gasteiger partial charge in [-0.25, -0.2) is 9.18 Å². The van der Waals surface area contributed by atoms with Crippen molar-refractivity contribution in [2.24, 2.45) is 0 Å². The number of aliphatic carboxylic acids is 1. The number of fused-ring (bicyclic) bond motifs is 2. The first-order valence-electron chi connectivity index (χ1n) is 11.0. The van der Waals surface area contributed by atoms with Gasteiger partial charge in [0.05, 0.1) is 24.3 Å². The van der Waals surface area contributed by atoms with Crippen molar-refractivity contribution in [3.63, 3.8) is 0 Å². The summed E-state index contributed by atoms with van der Waals surface area (Å²) < 4.78 is 21.3. The van der Waals surface area contributed by atoms with Crippen LogP contribution in [0.25, 0.3) is 10.9 Å². The molecule has 0 radical (unpaired) electrons. The quantitative estimate of drug-likeness (QED) is 0.399. The maximum Gasteiger partial charge on any atom is 0.341 e. The summed E-state index contributed by atoms with van der Waals surface area (Å²) in [6, 6.07) is 16.4. The molecule has 35 heavy (non-hydrogen) atoms. The van der Waals surface area contributed by atoms with Crippen LogP contribution in [-0.4, -0.2) is 38.3 Å². The van der Waals surface area contributed by atoms with Gasteiger partial charge in [-0.2, -0.15) is 5.10 Å². The number of carboxylic acids is 1. The third-order valence-corrected chi connectivity index (χ3v) is 6.31. The first kappa shape index (κ1) is 22.9. The first-order chi connectivity index (χ1) is 16.9. The second kappa shape index (κ2) is 9.38. The molecule has 0 saturated heterocycles. The molecule has 0 bridgehead atoms. The summed E-state index contributed by atoms with van der Waals surface area (Å²) in [5.74, 6) is -1.38. The topological polar surface area (TPSA) is 84.7 Å². The molecular formula is C26H21ClFN3O4. The number of nitrogens with zero attached hydrogens (tertiary/aromatic N) is 3. The van der Waals surface area contributed by atoms with E-state index < -0.39 is 24.4 Å². The van der Waals surface area contributed by atoms with Gasteiger partial charge < -0.3 is 14.7 Å². The maximum absolute atomic E-state index is 14.0. The van der Waals surface area contributed by atoms with Gasteiger partial charge in [0.15, 0.2) is 6.61 Å². The van der Waals surface area contributed by atoms with Crippen LogP contribution >= 0.6 is 11.6 Å². The highest BCUT2D eigenvalue weighted by atomic mass is 35.5. The van der Waals surface area contributed by atoms with Crippen LogP contribution in [0.4, 0.5) is 4.39 Å². The summed E-state index contributed by atoms with van der Waals surface area (Å²) in [4.78, 5) is 26.3. The number of benzene rings is 3. The Morgan fingerprint density at radius 2 is 1.94 bits per heavy atom. The summed E-state index contributed by atoms with van der Waals surface area (Å²) in [5, 5.41) is 14.9. The molecule has 0 spiro atoms. The van der Waals surface area contributed by atoms with Gasteiger partial charge in [-0.1, -0.05) is 35.9 Å². The molecule has 5 rings (SSSR count). The highest BCUT2D eigenvalue weighted by Gasteiger charge is 2.36. The predicted octanol–water partition coefficient (Wildman–Crippen LogP) is 4.81. The Hall–Kier alpha value is -3.91. The number of ether oxygens (including phenoxy) is 1. The standard InChI is InChI=1S/C26H21ClFN3O4/c27-18-5-8-23(35-15-25(33)34)21(12-18)26-20-7-6-19(28)11-17(20)14-30(26)24(32)9-10-31-22-4-2-1-3-16(22)13-29-31/h1-8,11-13,26H,9-10,14-15H2,(H,33,34). The zero-order valence-electron chi connectivity index (χ0n) is 18.5. The largest absolute Gasteiger partial charge is 0.482 e. The van der Waals surface area contributed by atoms with E-state index in [1.165, 1.54) is 12.1 Å². The molecule has 1 N–H and O–H groups in total. The zero-order chi connectivity index (χ0) is 24.5. The van der Waals surface area contributed by atoms with Crippen LogP contribution in [0.15, 0.2) is 66.9 Å². The lowest BCUT2D eigenvalue weighted by Crippen LogP contribution is -2.31. The Bertz CT molecular complexity index is 1440. The fourth-order valence-electron chi connectivity index (χ4n) is 4.54. The Labute approximate surface area is 205 Å². The average molecular weight is 494 g/mol. The van der Waals surface area contributed by atoms with Crippen molar-refractivity contribution < 1.29 is 23.8 Å². The summed E-state index contributed by atoms with van der Waals surface area (Å²) in [6.07, 6.45) is 1.93. The van der Waals surface area contributed by atoms with Crippen molar-refractivity contribution in [2.45, 2.75) is 25.6 Å². The third kappa shape index (κ3) is 4.57. The van der Waals surface area contributed by atoms with Crippen LogP contribution in [-0.2, 0) is 22.7 Å². The summed E-state index contributed by atoms with van der Waals surface area (Å²) in [6.45, 7) is 0.0392. The van der Waals surface area contributed by atoms with Gasteiger partial charge in [-0.3, -0.25) is 9.48 Å². The lowest BCUT2D eigenvalue weighted by molar-refractivity contribution is -0.139. The summed E-state index contributed by atoms with van der Waals surface area (Å²) in [5.41, 5.74) is 2.90. The van der Waals surface area contributed by atoms with Crippen LogP contribution in [0.3, 0.4) is 0 Å². The normalized spacial score (nSPS) is 14.8. The smallest absolute Gasteiger partial charge is 0.341 e. The maximum atomic E-state index is 14.0. The van der Waals surface area contributed by atoms with Crippen LogP contribution in [0, 0.1) is 5.82 Å². The fraction of sp³-hybridized carbons (Fsp3) is 0.192. The van der Waals surface area contributed by atoms with Gasteiger partial charge in [0.25, 0.3) is 0 Å². The molecule has 1 atom stereocenters. The van der Waals surface area contributed by atoms with Crippen molar-refractivity contribution in [1.82, 2.24) is 14.7 Å². The minimum Gasteiger partial charge on any atom is -0.482 e. The molecule has 1 amide bonds. The van der Waals surface area contributed by atoms with E-state index in [1.807, 2.05) is 24.3 Å². The number of aryl methyl sites for hydroxylation is 1. The number of carboxylic acid groups (broad SMARTS) is 1. The van der Waals surface area contributed by atoms with E-state index in [0.717, 1.165) is 16.5 Å². The minimum atomic E-state index is -1.13. The van der Waals surface area contributed by atoms with Gasteiger partial charge in [0.2, 0.25) is 5.91 Å². The lowest BCUT2D eigenvalue weighted by atomic mass is 9.97. The van der Waals surface area contributed by atoms with Crippen LogP contribution in [0.5, 0.6) is 5.75 Å². The Morgan fingerprint density at radius 3 is 2.77 bits per heavy atom. The fourth-order valence-corrected chi connectivity index (χ4v) is 4.72. The van der Waals surface area contributed by atoms with E-state index in [0.29, 0.717) is 28.4 Å². The van der Waals surface area contributed by atoms with Crippen molar-refractivity contribution >= 4 is 34.4 Å². The SMILES string of the molecule is O=C(O)COc1ccc(Cl)cc1C1c2ccc(F)cc2CN1C(=O)CCn1ncc2ccccc21. The van der Waals surface area contributed by atoms with E-state index in [4.69, 9.17) is 21.4 Å². The van der Waals surface area contributed by atoms with Crippen LogP contribution < -0.4 is 4.74 Å². The number of rotatable bonds is 7. The Kier molecular flexibility index (Phi) is 6.13. The molecule has 0 aliphatic carbocycles. The molecular weight excluding hydrogens is 473 g/mol. The molecule has 4 aromatic rings. The number of halogens is 2. The molecule has 1 aliphatic rings. The Morgan fingerprint density at radius 1 is 1.11 bits per heavy atom. The molecule has 1 aliphatic heterocycles. The van der Waals surface area contributed by atoms with Gasteiger partial charge in [-0.15, -0.1) is 0 Å². The highest BCUT2D eigenvalue weighted by Crippen LogP contribution is 2.43. The molecule has 1 unspecified atom stereocenters. The van der Waals surface area contributed by atoms with Crippen molar-refractivity contribution in [3.8, 4) is 5.75 Å². The zero-order valence-corrected chi connectivity index (χ0v) is 19.3. The van der Waals surface area contributed by atoms with Gasteiger partial charge >= 0.3 is 5.97 Å².